The van der Waals surface area contributed by atoms with Gasteiger partial charge in [-0.1, -0.05) is 6.42 Å². The molecular weight excluding hydrogens is 394 g/mol. The van der Waals surface area contributed by atoms with Crippen LogP contribution in [-0.4, -0.2) is 103 Å². The first kappa shape index (κ1) is 20.9. The summed E-state index contributed by atoms with van der Waals surface area (Å²) in [5.74, 6) is 0.0506. The zero-order chi connectivity index (χ0) is 21.1. The fourth-order valence-corrected chi connectivity index (χ4v) is 3.98. The van der Waals surface area contributed by atoms with Crippen molar-refractivity contribution in [1.82, 2.24) is 30.2 Å². The van der Waals surface area contributed by atoms with Crippen molar-refractivity contribution in [3.63, 3.8) is 0 Å². The lowest BCUT2D eigenvalue weighted by atomic mass is 9.95. The van der Waals surface area contributed by atoms with Gasteiger partial charge in [0, 0.05) is 0 Å². The van der Waals surface area contributed by atoms with Gasteiger partial charge in [-0.15, -0.1) is 0 Å². The highest BCUT2D eigenvalue weighted by molar-refractivity contribution is 5.82. The van der Waals surface area contributed by atoms with Crippen LogP contribution < -0.4 is 10.6 Å². The number of aliphatic hydroxyl groups is 3. The van der Waals surface area contributed by atoms with Gasteiger partial charge < -0.3 is 35.7 Å². The number of H-pyrrole nitrogens is 1. The highest BCUT2D eigenvalue weighted by Gasteiger charge is 2.45. The Hall–Kier alpha value is -2.38. The Morgan fingerprint density at radius 2 is 2.00 bits per heavy atom. The van der Waals surface area contributed by atoms with E-state index in [1.165, 1.54) is 12.7 Å². The van der Waals surface area contributed by atoms with Crippen LogP contribution in [0.15, 0.2) is 12.7 Å². The van der Waals surface area contributed by atoms with Gasteiger partial charge in [-0.25, -0.2) is 15.0 Å². The number of likely N-dealkylation sites (tertiary alicyclic amines) is 1. The molecule has 0 saturated carbocycles. The summed E-state index contributed by atoms with van der Waals surface area (Å²) in [6, 6.07) is -0.946. The molecule has 0 spiro atoms. The molecule has 4 heterocycles. The van der Waals surface area contributed by atoms with Crippen LogP contribution in [-0.2, 0) is 9.53 Å². The number of aromatic nitrogens is 4. The molecular formula is C18H27N7O5. The highest BCUT2D eigenvalue weighted by atomic mass is 16.5. The minimum atomic E-state index is -1.37. The van der Waals surface area contributed by atoms with Crippen LogP contribution in [0.2, 0.25) is 0 Å². The average molecular weight is 421 g/mol. The van der Waals surface area contributed by atoms with Crippen LogP contribution in [0.25, 0.3) is 11.2 Å². The van der Waals surface area contributed by atoms with E-state index in [1.54, 1.807) is 0 Å². The number of rotatable bonds is 6. The minimum absolute atomic E-state index is 0.206. The normalized spacial score (nSPS) is 30.3. The van der Waals surface area contributed by atoms with E-state index in [1.807, 2.05) is 4.90 Å². The Labute approximate surface area is 172 Å². The van der Waals surface area contributed by atoms with Gasteiger partial charge in [0.15, 0.2) is 17.7 Å². The standard InChI is InChI=1S/C18H27N7O5/c26-7-10-12(23-11(27)6-25-4-2-1-3-5-25)14(28)15(29)18(30-10)24-17-13-16(20-8-19-13)21-9-22-17/h8-10,12,14-15,18,26,28-29H,1-7H2,(H,23,27)(H2,19,20,21,22,24)/t10-,12-,14+,15-,18-/m0/s1. The first-order chi connectivity index (χ1) is 14.6. The highest BCUT2D eigenvalue weighted by Crippen LogP contribution is 2.24. The molecule has 6 N–H and O–H groups in total. The molecule has 0 radical (unpaired) electrons. The number of amides is 1. The predicted molar refractivity (Wildman–Crippen MR) is 105 cm³/mol. The van der Waals surface area contributed by atoms with Crippen LogP contribution in [0, 0.1) is 0 Å². The fraction of sp³-hybridized carbons (Fsp3) is 0.667. The number of carbonyl (C=O) groups is 1. The second kappa shape index (κ2) is 9.18. The smallest absolute Gasteiger partial charge is 0.234 e. The second-order valence-corrected chi connectivity index (χ2v) is 7.66. The molecule has 2 aliphatic heterocycles. The molecule has 12 nitrogen and oxygen atoms in total. The molecule has 30 heavy (non-hydrogen) atoms. The molecule has 0 unspecified atom stereocenters. The van der Waals surface area contributed by atoms with Gasteiger partial charge in [0.25, 0.3) is 0 Å². The van der Waals surface area contributed by atoms with E-state index < -0.39 is 37.2 Å². The first-order valence-corrected chi connectivity index (χ1v) is 10.1. The molecule has 0 bridgehead atoms. The maximum absolute atomic E-state index is 12.5. The predicted octanol–water partition coefficient (Wildman–Crippen LogP) is -1.83. The zero-order valence-corrected chi connectivity index (χ0v) is 16.4. The van der Waals surface area contributed by atoms with Crippen LogP contribution in [0.4, 0.5) is 5.82 Å². The van der Waals surface area contributed by atoms with Gasteiger partial charge in [-0.3, -0.25) is 9.69 Å². The summed E-state index contributed by atoms with van der Waals surface area (Å²) in [5.41, 5.74) is 0.945. The number of aromatic amines is 1. The number of fused-ring (bicyclic) bond motifs is 1. The molecule has 0 aromatic carbocycles. The summed E-state index contributed by atoms with van der Waals surface area (Å²) in [6.45, 7) is 1.48. The number of anilines is 1. The summed E-state index contributed by atoms with van der Waals surface area (Å²) in [6.07, 6.45) is 1.35. The zero-order valence-electron chi connectivity index (χ0n) is 16.4. The van der Waals surface area contributed by atoms with Crippen molar-refractivity contribution in [2.24, 2.45) is 0 Å². The Morgan fingerprint density at radius 3 is 2.77 bits per heavy atom. The topological polar surface area (TPSA) is 169 Å². The van der Waals surface area contributed by atoms with E-state index in [9.17, 15) is 20.1 Å². The number of nitrogens with zero attached hydrogens (tertiary/aromatic N) is 4. The van der Waals surface area contributed by atoms with E-state index in [0.29, 0.717) is 17.0 Å². The molecule has 12 heteroatoms. The minimum Gasteiger partial charge on any atom is -0.394 e. The van der Waals surface area contributed by atoms with E-state index >= 15 is 0 Å². The largest absolute Gasteiger partial charge is 0.394 e. The number of aliphatic hydroxyl groups excluding tert-OH is 3. The van der Waals surface area contributed by atoms with E-state index in [0.717, 1.165) is 32.4 Å². The summed E-state index contributed by atoms with van der Waals surface area (Å²) in [4.78, 5) is 29.6. The number of piperidine rings is 1. The van der Waals surface area contributed by atoms with Crippen molar-refractivity contribution in [3.8, 4) is 0 Å². The molecule has 4 rings (SSSR count). The maximum Gasteiger partial charge on any atom is 0.234 e. The number of hydrogen-bond acceptors (Lipinski definition) is 10. The molecule has 0 aliphatic carbocycles. The Kier molecular flexibility index (Phi) is 6.39. The van der Waals surface area contributed by atoms with Crippen molar-refractivity contribution in [1.29, 1.82) is 0 Å². The van der Waals surface area contributed by atoms with Crippen molar-refractivity contribution in [2.75, 3.05) is 31.6 Å². The molecule has 2 fully saturated rings. The lowest BCUT2D eigenvalue weighted by Gasteiger charge is -2.43. The lowest BCUT2D eigenvalue weighted by molar-refractivity contribution is -0.185. The van der Waals surface area contributed by atoms with Gasteiger partial charge in [-0.05, 0) is 25.9 Å². The number of nitrogens with one attached hydrogen (secondary N) is 3. The van der Waals surface area contributed by atoms with Crippen molar-refractivity contribution >= 4 is 22.9 Å². The van der Waals surface area contributed by atoms with Gasteiger partial charge >= 0.3 is 0 Å². The number of imidazole rings is 1. The Morgan fingerprint density at radius 1 is 1.20 bits per heavy atom. The van der Waals surface area contributed by atoms with Crippen molar-refractivity contribution < 1.29 is 24.9 Å². The molecule has 164 valence electrons. The number of carbonyl (C=O) groups excluding carboxylic acids is 1. The SMILES string of the molecule is O=C(CN1CCCCC1)N[C@@H]1[C@@H](O)[C@H](O)[C@@H](Nc2ncnc3nc[nH]c23)O[C@H]1CO. The van der Waals surface area contributed by atoms with Gasteiger partial charge in [0.05, 0.1) is 25.5 Å². The van der Waals surface area contributed by atoms with E-state index in [-0.39, 0.29) is 12.5 Å². The van der Waals surface area contributed by atoms with E-state index in [2.05, 4.69) is 30.6 Å². The third kappa shape index (κ3) is 4.37. The van der Waals surface area contributed by atoms with Crippen LogP contribution in [0.3, 0.4) is 0 Å². The third-order valence-electron chi connectivity index (χ3n) is 5.58. The second-order valence-electron chi connectivity index (χ2n) is 7.66. The van der Waals surface area contributed by atoms with Crippen LogP contribution >= 0.6 is 0 Å². The molecule has 2 aromatic rings. The summed E-state index contributed by atoms with van der Waals surface area (Å²) in [5, 5.41) is 36.6. The number of ether oxygens (including phenoxy) is 1. The van der Waals surface area contributed by atoms with Gasteiger partial charge in [-0.2, -0.15) is 0 Å². The molecule has 2 aliphatic rings. The average Bonchev–Trinajstić information content (AvgIpc) is 3.24. The van der Waals surface area contributed by atoms with Crippen molar-refractivity contribution in [3.05, 3.63) is 12.7 Å². The Balaban J connectivity index is 1.42. The first-order valence-electron chi connectivity index (χ1n) is 10.1. The lowest BCUT2D eigenvalue weighted by Crippen LogP contribution is -2.66. The van der Waals surface area contributed by atoms with Gasteiger partial charge in [0.2, 0.25) is 5.91 Å². The third-order valence-corrected chi connectivity index (χ3v) is 5.58. The monoisotopic (exact) mass is 421 g/mol. The number of hydrogen-bond donors (Lipinski definition) is 6. The quantitative estimate of drug-likeness (QED) is 0.312. The molecule has 1 amide bonds. The van der Waals surface area contributed by atoms with Crippen molar-refractivity contribution in [2.45, 2.75) is 49.8 Å². The summed E-state index contributed by atoms with van der Waals surface area (Å²) >= 11 is 0. The fourth-order valence-electron chi connectivity index (χ4n) is 3.98. The molecule has 2 aromatic heterocycles. The van der Waals surface area contributed by atoms with E-state index in [4.69, 9.17) is 4.74 Å². The maximum atomic E-state index is 12.5. The molecule has 5 atom stereocenters. The summed E-state index contributed by atoms with van der Waals surface area (Å²) < 4.78 is 5.76. The van der Waals surface area contributed by atoms with Gasteiger partial charge in [0.1, 0.15) is 30.2 Å². The van der Waals surface area contributed by atoms with Crippen LogP contribution in [0.5, 0.6) is 0 Å². The molecule has 2 saturated heterocycles. The Bertz CT molecular complexity index is 856. The summed E-state index contributed by atoms with van der Waals surface area (Å²) in [7, 11) is 0. The van der Waals surface area contributed by atoms with Crippen LogP contribution in [0.1, 0.15) is 19.3 Å².